The fraction of sp³-hybridized carbons (Fsp3) is 0.667. The maximum Gasteiger partial charge on any atom is 0.119 e. The fourth-order valence-corrected chi connectivity index (χ4v) is 4.39. The molecule has 0 saturated carbocycles. The minimum atomic E-state index is 0.969. The lowest BCUT2D eigenvalue weighted by Gasteiger charge is -2.19. The van der Waals surface area contributed by atoms with Gasteiger partial charge in [0.25, 0.3) is 0 Å². The van der Waals surface area contributed by atoms with Crippen molar-refractivity contribution in [1.82, 2.24) is 9.47 Å². The lowest BCUT2D eigenvalue weighted by atomic mass is 10.1. The quantitative estimate of drug-likeness (QED) is 0.451. The molecule has 0 N–H and O–H groups in total. The maximum absolute atomic E-state index is 5.51. The highest BCUT2D eigenvalue weighted by Gasteiger charge is 2.15. The Labute approximate surface area is 165 Å². The van der Waals surface area contributed by atoms with E-state index < -0.39 is 0 Å². The molecule has 1 aliphatic heterocycles. The van der Waals surface area contributed by atoms with Crippen LogP contribution in [0, 0.1) is 0 Å². The number of aromatic nitrogens is 1. The molecule has 0 unspecified atom stereocenters. The summed E-state index contributed by atoms with van der Waals surface area (Å²) in [5.41, 5.74) is 2.84. The predicted molar refractivity (Wildman–Crippen MR) is 116 cm³/mol. The molecule has 2 heterocycles. The van der Waals surface area contributed by atoms with Gasteiger partial charge in [0.1, 0.15) is 5.75 Å². The number of hydrogen-bond donors (Lipinski definition) is 0. The Morgan fingerprint density at radius 2 is 1.67 bits per heavy atom. The van der Waals surface area contributed by atoms with Crippen LogP contribution in [0.2, 0.25) is 0 Å². The van der Waals surface area contributed by atoms with E-state index in [4.69, 9.17) is 4.74 Å². The predicted octanol–water partition coefficient (Wildman–Crippen LogP) is 6.39. The number of benzene rings is 1. The molecule has 1 fully saturated rings. The van der Waals surface area contributed by atoms with Crippen molar-refractivity contribution < 1.29 is 4.74 Å². The summed E-state index contributed by atoms with van der Waals surface area (Å²) in [6.45, 7) is 6.98. The van der Waals surface area contributed by atoms with Crippen LogP contribution in [-0.4, -0.2) is 29.7 Å². The Morgan fingerprint density at radius 1 is 0.926 bits per heavy atom. The normalized spacial score (nSPS) is 15.9. The SMILES string of the molecule is CCCCCCCCn1cc(CN2CCCCCC2)c2cc(OC)ccc21. The topological polar surface area (TPSA) is 17.4 Å². The van der Waals surface area contributed by atoms with Crippen LogP contribution in [0.5, 0.6) is 5.75 Å². The summed E-state index contributed by atoms with van der Waals surface area (Å²) in [4.78, 5) is 2.65. The second-order valence-electron chi connectivity index (χ2n) is 8.19. The number of hydrogen-bond acceptors (Lipinski definition) is 2. The number of fused-ring (bicyclic) bond motifs is 1. The molecule has 0 aliphatic carbocycles. The monoisotopic (exact) mass is 370 g/mol. The molecule has 0 radical (unpaired) electrons. The van der Waals surface area contributed by atoms with Crippen LogP contribution in [0.1, 0.15) is 76.7 Å². The van der Waals surface area contributed by atoms with Crippen molar-refractivity contribution in [3.63, 3.8) is 0 Å². The van der Waals surface area contributed by atoms with Gasteiger partial charge in [-0.15, -0.1) is 0 Å². The Bertz CT molecular complexity index is 683. The minimum Gasteiger partial charge on any atom is -0.497 e. The van der Waals surface area contributed by atoms with Crippen LogP contribution in [0.25, 0.3) is 10.9 Å². The average Bonchev–Trinajstić information content (AvgIpc) is 2.85. The number of methoxy groups -OCH3 is 1. The van der Waals surface area contributed by atoms with Crippen molar-refractivity contribution >= 4 is 10.9 Å². The third-order valence-electron chi connectivity index (χ3n) is 6.02. The summed E-state index contributed by atoms with van der Waals surface area (Å²) >= 11 is 0. The van der Waals surface area contributed by atoms with Crippen LogP contribution in [-0.2, 0) is 13.1 Å². The fourth-order valence-electron chi connectivity index (χ4n) is 4.39. The largest absolute Gasteiger partial charge is 0.497 e. The van der Waals surface area contributed by atoms with Gasteiger partial charge >= 0.3 is 0 Å². The third-order valence-corrected chi connectivity index (χ3v) is 6.02. The van der Waals surface area contributed by atoms with Crippen LogP contribution >= 0.6 is 0 Å². The molecule has 0 spiro atoms. The van der Waals surface area contributed by atoms with E-state index in [0.29, 0.717) is 0 Å². The molecular weight excluding hydrogens is 332 g/mol. The zero-order chi connectivity index (χ0) is 18.9. The molecular formula is C24H38N2O. The number of likely N-dealkylation sites (tertiary alicyclic amines) is 1. The third kappa shape index (κ3) is 5.75. The van der Waals surface area contributed by atoms with Gasteiger partial charge in [0.15, 0.2) is 0 Å². The highest BCUT2D eigenvalue weighted by atomic mass is 16.5. The van der Waals surface area contributed by atoms with Gasteiger partial charge in [-0.1, -0.05) is 51.9 Å². The van der Waals surface area contributed by atoms with Crippen molar-refractivity contribution in [1.29, 1.82) is 0 Å². The van der Waals surface area contributed by atoms with E-state index in [9.17, 15) is 0 Å². The van der Waals surface area contributed by atoms with Crippen LogP contribution in [0.4, 0.5) is 0 Å². The molecule has 0 amide bonds. The highest BCUT2D eigenvalue weighted by molar-refractivity contribution is 5.85. The van der Waals surface area contributed by atoms with Crippen LogP contribution < -0.4 is 4.74 Å². The van der Waals surface area contributed by atoms with Gasteiger partial charge in [-0.3, -0.25) is 4.90 Å². The Balaban J connectivity index is 1.71. The van der Waals surface area contributed by atoms with E-state index in [1.165, 1.54) is 93.8 Å². The van der Waals surface area contributed by atoms with Crippen molar-refractivity contribution in [3.05, 3.63) is 30.0 Å². The van der Waals surface area contributed by atoms with Gasteiger partial charge < -0.3 is 9.30 Å². The molecule has 2 aromatic rings. The molecule has 3 heteroatoms. The minimum absolute atomic E-state index is 0.969. The first-order chi connectivity index (χ1) is 13.3. The van der Waals surface area contributed by atoms with Crippen LogP contribution in [0.15, 0.2) is 24.4 Å². The Hall–Kier alpha value is -1.48. The molecule has 1 saturated heterocycles. The first kappa shape index (κ1) is 20.3. The molecule has 150 valence electrons. The molecule has 1 aromatic heterocycles. The van der Waals surface area contributed by atoms with Crippen molar-refractivity contribution in [3.8, 4) is 5.75 Å². The summed E-state index contributed by atoms with van der Waals surface area (Å²) in [5, 5.41) is 1.38. The molecule has 0 bridgehead atoms. The molecule has 27 heavy (non-hydrogen) atoms. The lowest BCUT2D eigenvalue weighted by molar-refractivity contribution is 0.277. The Kier molecular flexibility index (Phi) is 8.07. The van der Waals surface area contributed by atoms with Gasteiger partial charge in [0.2, 0.25) is 0 Å². The molecule has 1 aromatic carbocycles. The number of ether oxygens (including phenoxy) is 1. The number of unbranched alkanes of at least 4 members (excludes halogenated alkanes) is 5. The van der Waals surface area contributed by atoms with E-state index in [1.54, 1.807) is 7.11 Å². The van der Waals surface area contributed by atoms with E-state index in [0.717, 1.165) is 18.8 Å². The van der Waals surface area contributed by atoms with E-state index >= 15 is 0 Å². The first-order valence-corrected chi connectivity index (χ1v) is 11.2. The first-order valence-electron chi connectivity index (χ1n) is 11.2. The summed E-state index contributed by atoms with van der Waals surface area (Å²) < 4.78 is 8.00. The van der Waals surface area contributed by atoms with Gasteiger partial charge in [-0.2, -0.15) is 0 Å². The smallest absolute Gasteiger partial charge is 0.119 e. The maximum atomic E-state index is 5.51. The summed E-state index contributed by atoms with van der Waals surface area (Å²) in [6.07, 6.45) is 16.0. The molecule has 1 aliphatic rings. The number of rotatable bonds is 10. The van der Waals surface area contributed by atoms with Gasteiger partial charge in [-0.25, -0.2) is 0 Å². The van der Waals surface area contributed by atoms with Gasteiger partial charge in [0.05, 0.1) is 7.11 Å². The standard InChI is InChI=1S/C24H38N2O/c1-3-4-5-6-7-12-17-26-20-21(19-25-15-10-8-9-11-16-25)23-18-22(27-2)13-14-24(23)26/h13-14,18,20H,3-12,15-17,19H2,1-2H3. The van der Waals surface area contributed by atoms with Crippen molar-refractivity contribution in [2.45, 2.75) is 84.2 Å². The van der Waals surface area contributed by atoms with E-state index in [-0.39, 0.29) is 0 Å². The zero-order valence-corrected chi connectivity index (χ0v) is 17.5. The second-order valence-corrected chi connectivity index (χ2v) is 8.19. The number of nitrogens with zero attached hydrogens (tertiary/aromatic N) is 2. The number of aryl methyl sites for hydroxylation is 1. The molecule has 3 nitrogen and oxygen atoms in total. The van der Waals surface area contributed by atoms with Crippen molar-refractivity contribution in [2.24, 2.45) is 0 Å². The summed E-state index contributed by atoms with van der Waals surface area (Å²) in [6, 6.07) is 6.59. The highest BCUT2D eigenvalue weighted by Crippen LogP contribution is 2.28. The van der Waals surface area contributed by atoms with Crippen LogP contribution in [0.3, 0.4) is 0 Å². The molecule has 0 atom stereocenters. The second kappa shape index (κ2) is 10.8. The van der Waals surface area contributed by atoms with Gasteiger partial charge in [0, 0.05) is 30.2 Å². The van der Waals surface area contributed by atoms with E-state index in [2.05, 4.69) is 40.8 Å². The summed E-state index contributed by atoms with van der Waals surface area (Å²) in [5.74, 6) is 0.969. The average molecular weight is 371 g/mol. The van der Waals surface area contributed by atoms with Gasteiger partial charge in [-0.05, 0) is 56.1 Å². The Morgan fingerprint density at radius 3 is 2.41 bits per heavy atom. The molecule has 3 rings (SSSR count). The zero-order valence-electron chi connectivity index (χ0n) is 17.5. The lowest BCUT2D eigenvalue weighted by Crippen LogP contribution is -2.23. The summed E-state index contributed by atoms with van der Waals surface area (Å²) in [7, 11) is 1.77. The van der Waals surface area contributed by atoms with Crippen molar-refractivity contribution in [2.75, 3.05) is 20.2 Å². The van der Waals surface area contributed by atoms with E-state index in [1.807, 2.05) is 0 Å².